The number of aromatic hydroxyl groups is 2. The predicted molar refractivity (Wildman–Crippen MR) is 36.6 cm³/mol. The van der Waals surface area contributed by atoms with Gasteiger partial charge in [-0.3, -0.25) is 0 Å². The topological polar surface area (TPSA) is 97.7 Å². The first-order valence-corrected chi connectivity index (χ1v) is 4.21. The van der Waals surface area contributed by atoms with Crippen LogP contribution in [0.3, 0.4) is 0 Å². The van der Waals surface area contributed by atoms with Crippen LogP contribution in [0.25, 0.3) is 0 Å². The fourth-order valence-electron chi connectivity index (χ4n) is 0.653. The van der Waals surface area contributed by atoms with Crippen LogP contribution in [-0.4, -0.2) is 23.2 Å². The summed E-state index contributed by atoms with van der Waals surface area (Å²) >= 11 is 0. The molecule has 66 valence electrons. The van der Waals surface area contributed by atoms with E-state index in [0.717, 1.165) is 6.07 Å². The van der Waals surface area contributed by atoms with E-state index in [1.807, 2.05) is 0 Å². The molecule has 0 atom stereocenters. The van der Waals surface area contributed by atoms with Gasteiger partial charge in [-0.25, -0.2) is 8.42 Å². The zero-order chi connectivity index (χ0) is 9.35. The fourth-order valence-corrected chi connectivity index (χ4v) is 1.22. The van der Waals surface area contributed by atoms with E-state index in [-0.39, 0.29) is 138 Å². The van der Waals surface area contributed by atoms with Crippen LogP contribution in [0.4, 0.5) is 0 Å². The van der Waals surface area contributed by atoms with Crippen molar-refractivity contribution in [1.82, 2.24) is 0 Å². The van der Waals surface area contributed by atoms with Gasteiger partial charge in [0.25, 0.3) is 0 Å². The summed E-state index contributed by atoms with van der Waals surface area (Å²) in [7, 11) is -4.74. The van der Waals surface area contributed by atoms with Gasteiger partial charge in [0.1, 0.15) is 10.1 Å². The largest absolute Gasteiger partial charge is 1.00 e. The Morgan fingerprint density at radius 2 is 1.79 bits per heavy atom. The summed E-state index contributed by atoms with van der Waals surface area (Å²) in [6, 6.07) is 3.56. The summed E-state index contributed by atoms with van der Waals surface area (Å²) < 4.78 is 31.1. The molecule has 1 rings (SSSR count). The van der Waals surface area contributed by atoms with Gasteiger partial charge in [0.2, 0.25) is 0 Å². The predicted octanol–water partition coefficient (Wildman–Crippen LogP) is -6.19. The van der Waals surface area contributed by atoms with E-state index in [2.05, 4.69) is 6.07 Å². The number of rotatable bonds is 1. The first-order chi connectivity index (χ1) is 5.41. The van der Waals surface area contributed by atoms with E-state index in [4.69, 9.17) is 10.2 Å². The Kier molecular flexibility index (Phi) is 11.0. The Morgan fingerprint density at radius 1 is 1.29 bits per heavy atom. The summed E-state index contributed by atoms with van der Waals surface area (Å²) in [5, 5.41) is 17.6. The third-order valence-corrected chi connectivity index (χ3v) is 2.01. The van der Waals surface area contributed by atoms with Crippen molar-refractivity contribution in [2.45, 2.75) is 4.90 Å². The molecule has 2 N–H and O–H groups in total. The van der Waals surface area contributed by atoms with E-state index in [0.29, 0.717) is 6.07 Å². The summed E-state index contributed by atoms with van der Waals surface area (Å²) in [6.45, 7) is 0. The molecule has 0 unspecified atom stereocenters. The van der Waals surface area contributed by atoms with Crippen molar-refractivity contribution in [2.24, 2.45) is 0 Å². The second-order valence-corrected chi connectivity index (χ2v) is 3.37. The van der Waals surface area contributed by atoms with Gasteiger partial charge < -0.3 is 14.8 Å². The van der Waals surface area contributed by atoms with Gasteiger partial charge >= 0.3 is 138 Å². The minimum absolute atomic E-state index is 0. The van der Waals surface area contributed by atoms with Crippen molar-refractivity contribution >= 4 is 10.1 Å². The maximum absolute atomic E-state index is 10.4. The standard InChI is InChI=1S/C6H5O5S.2Cs/c7-4-1-2-5(8)6(3-4)12(9,10)11;;/h2-3,7-8H,(H,9,10,11);;/q-1;2*+1/p-1. The molecule has 0 heterocycles. The zero-order valence-corrected chi connectivity index (χ0v) is 21.1. The molecule has 0 spiro atoms. The molecule has 0 aliphatic heterocycles. The third kappa shape index (κ3) is 5.96. The van der Waals surface area contributed by atoms with Gasteiger partial charge in [-0.2, -0.15) is 0 Å². The van der Waals surface area contributed by atoms with Crippen LogP contribution < -0.4 is 138 Å². The monoisotopic (exact) mass is 454 g/mol. The molecular formula is C6H4Cs2O5S. The maximum Gasteiger partial charge on any atom is 1.00 e. The Morgan fingerprint density at radius 3 is 2.14 bits per heavy atom. The number of hydrogen-bond acceptors (Lipinski definition) is 5. The van der Waals surface area contributed by atoms with Crippen molar-refractivity contribution in [3.8, 4) is 11.5 Å². The second kappa shape index (κ2) is 8.03. The van der Waals surface area contributed by atoms with Gasteiger partial charge in [0, 0.05) is 11.5 Å². The first-order valence-electron chi connectivity index (χ1n) is 2.81. The molecular weight excluding hydrogens is 450 g/mol. The SMILES string of the molecule is O=S(=O)([O-])c1cc(O)[c-]cc1O.[Cs+].[Cs+]. The van der Waals surface area contributed by atoms with E-state index in [9.17, 15) is 13.0 Å². The number of phenolic OH excluding ortho intramolecular Hbond substituents is 2. The van der Waals surface area contributed by atoms with Gasteiger partial charge in [-0.1, -0.05) is 0 Å². The van der Waals surface area contributed by atoms with Crippen molar-refractivity contribution in [2.75, 3.05) is 0 Å². The van der Waals surface area contributed by atoms with Crippen LogP contribution in [0.15, 0.2) is 17.0 Å². The molecule has 0 aliphatic rings. The van der Waals surface area contributed by atoms with Crippen LogP contribution in [-0.2, 0) is 10.1 Å². The van der Waals surface area contributed by atoms with E-state index >= 15 is 0 Å². The molecule has 0 bridgehead atoms. The van der Waals surface area contributed by atoms with Crippen LogP contribution >= 0.6 is 0 Å². The quantitative estimate of drug-likeness (QED) is 0.250. The van der Waals surface area contributed by atoms with Gasteiger partial charge in [0.05, 0.1) is 0 Å². The Labute approximate surface area is 199 Å². The Balaban J connectivity index is 0. The second-order valence-electron chi connectivity index (χ2n) is 2.02. The summed E-state index contributed by atoms with van der Waals surface area (Å²) in [5.41, 5.74) is 0. The normalized spacial score (nSPS) is 9.79. The minimum atomic E-state index is -4.74. The van der Waals surface area contributed by atoms with Crippen LogP contribution in [0.1, 0.15) is 0 Å². The number of benzene rings is 1. The van der Waals surface area contributed by atoms with Crippen LogP contribution in [0.5, 0.6) is 11.5 Å². The molecule has 1 aromatic carbocycles. The average molecular weight is 454 g/mol. The van der Waals surface area contributed by atoms with Gasteiger partial charge in [-0.05, 0) is 4.90 Å². The van der Waals surface area contributed by atoms with Crippen molar-refractivity contribution < 1.29 is 161 Å². The molecule has 8 heteroatoms. The van der Waals surface area contributed by atoms with E-state index < -0.39 is 26.5 Å². The Bertz CT molecular complexity index is 403. The average Bonchev–Trinajstić information content (AvgIpc) is 1.92. The van der Waals surface area contributed by atoms with E-state index in [1.165, 1.54) is 0 Å². The van der Waals surface area contributed by atoms with Crippen molar-refractivity contribution in [3.63, 3.8) is 0 Å². The molecule has 0 amide bonds. The molecule has 0 fully saturated rings. The van der Waals surface area contributed by atoms with Crippen molar-refractivity contribution in [1.29, 1.82) is 0 Å². The molecule has 0 aromatic heterocycles. The number of hydrogen-bond donors (Lipinski definition) is 2. The van der Waals surface area contributed by atoms with E-state index in [1.54, 1.807) is 0 Å². The molecule has 0 saturated heterocycles. The molecule has 1 aromatic rings. The molecule has 0 radical (unpaired) electrons. The zero-order valence-electron chi connectivity index (χ0n) is 7.68. The van der Waals surface area contributed by atoms with Crippen molar-refractivity contribution in [3.05, 3.63) is 18.2 Å². The smallest absolute Gasteiger partial charge is 0.746 e. The first kappa shape index (κ1) is 19.2. The van der Waals surface area contributed by atoms with Crippen LogP contribution in [0.2, 0.25) is 0 Å². The molecule has 5 nitrogen and oxygen atoms in total. The summed E-state index contributed by atoms with van der Waals surface area (Å²) in [4.78, 5) is -0.848. The molecule has 0 aliphatic carbocycles. The molecule has 0 saturated carbocycles. The van der Waals surface area contributed by atoms with Gasteiger partial charge in [0.15, 0.2) is 0 Å². The maximum atomic E-state index is 10.4. The third-order valence-electron chi connectivity index (χ3n) is 1.15. The van der Waals surface area contributed by atoms with Crippen LogP contribution in [0, 0.1) is 6.07 Å². The number of phenols is 2. The fraction of sp³-hybridized carbons (Fsp3) is 0. The minimum Gasteiger partial charge on any atom is -0.746 e. The molecule has 14 heavy (non-hydrogen) atoms. The van der Waals surface area contributed by atoms with Gasteiger partial charge in [-0.15, -0.1) is 18.2 Å². The summed E-state index contributed by atoms with van der Waals surface area (Å²) in [6.07, 6.45) is 0. The Hall–Kier alpha value is 2.83. The summed E-state index contributed by atoms with van der Waals surface area (Å²) in [5.74, 6) is -1.23.